The molecular weight excluding hydrogens is 281 g/mol. The number of hydrogen-bond donors (Lipinski definition) is 3. The van der Waals surface area contributed by atoms with Gasteiger partial charge in [0.05, 0.1) is 12.1 Å². The van der Waals surface area contributed by atoms with Crippen LogP contribution in [0.5, 0.6) is 5.75 Å². The predicted octanol–water partition coefficient (Wildman–Crippen LogP) is 2.35. The lowest BCUT2D eigenvalue weighted by molar-refractivity contribution is 0.139. The Kier molecular flexibility index (Phi) is 6.20. The van der Waals surface area contributed by atoms with Crippen LogP contribution < -0.4 is 5.73 Å². The van der Waals surface area contributed by atoms with Crippen LogP contribution in [-0.2, 0) is 0 Å². The topological polar surface area (TPSA) is 66.5 Å². The van der Waals surface area contributed by atoms with Gasteiger partial charge in [-0.05, 0) is 18.6 Å². The van der Waals surface area contributed by atoms with E-state index in [9.17, 15) is 10.2 Å². The first-order valence-electron chi connectivity index (χ1n) is 4.48. The van der Waals surface area contributed by atoms with Crippen molar-refractivity contribution in [2.75, 3.05) is 0 Å². The molecule has 0 bridgehead atoms. The first-order chi connectivity index (χ1) is 6.56. The fraction of sp³-hybridized carbons (Fsp3) is 0.400. The maximum Gasteiger partial charge on any atom is 0.121 e. The van der Waals surface area contributed by atoms with Crippen molar-refractivity contribution in [3.8, 4) is 5.75 Å². The SMILES string of the molecule is CC[C@H](O)[C@H](N)c1ccc(Br)cc1O.Cl. The van der Waals surface area contributed by atoms with Crippen molar-refractivity contribution in [1.29, 1.82) is 0 Å². The predicted molar refractivity (Wildman–Crippen MR) is 66.3 cm³/mol. The van der Waals surface area contributed by atoms with Gasteiger partial charge in [0.1, 0.15) is 5.75 Å². The van der Waals surface area contributed by atoms with Gasteiger partial charge in [0.15, 0.2) is 0 Å². The minimum Gasteiger partial charge on any atom is -0.508 e. The Morgan fingerprint density at radius 1 is 1.47 bits per heavy atom. The zero-order chi connectivity index (χ0) is 10.7. The molecular formula is C10H15BrClNO2. The number of benzene rings is 1. The van der Waals surface area contributed by atoms with Gasteiger partial charge >= 0.3 is 0 Å². The molecule has 1 aromatic carbocycles. The van der Waals surface area contributed by atoms with Crippen LogP contribution in [0.1, 0.15) is 24.9 Å². The lowest BCUT2D eigenvalue weighted by atomic mass is 10.00. The van der Waals surface area contributed by atoms with Crippen LogP contribution in [0, 0.1) is 0 Å². The molecule has 0 radical (unpaired) electrons. The molecule has 1 aromatic rings. The summed E-state index contributed by atoms with van der Waals surface area (Å²) in [6, 6.07) is 4.53. The van der Waals surface area contributed by atoms with Gasteiger partial charge in [-0.15, -0.1) is 12.4 Å². The molecule has 3 nitrogen and oxygen atoms in total. The number of phenolic OH excluding ortho intramolecular Hbond substituents is 1. The van der Waals surface area contributed by atoms with E-state index in [2.05, 4.69) is 15.9 Å². The summed E-state index contributed by atoms with van der Waals surface area (Å²) in [6.07, 6.45) is -0.0569. The van der Waals surface area contributed by atoms with Gasteiger partial charge in [0.25, 0.3) is 0 Å². The van der Waals surface area contributed by atoms with E-state index in [4.69, 9.17) is 5.73 Å². The molecule has 0 aliphatic carbocycles. The second-order valence-electron chi connectivity index (χ2n) is 3.20. The highest BCUT2D eigenvalue weighted by molar-refractivity contribution is 9.10. The molecule has 15 heavy (non-hydrogen) atoms. The average Bonchev–Trinajstić information content (AvgIpc) is 2.15. The van der Waals surface area contributed by atoms with Crippen molar-refractivity contribution in [2.45, 2.75) is 25.5 Å². The molecule has 2 atom stereocenters. The zero-order valence-corrected chi connectivity index (χ0v) is 10.8. The van der Waals surface area contributed by atoms with Gasteiger partial charge in [-0.1, -0.05) is 28.9 Å². The number of aliphatic hydroxyl groups is 1. The molecule has 0 aliphatic rings. The molecule has 1 rings (SSSR count). The Labute approximate surface area is 104 Å². The summed E-state index contributed by atoms with van der Waals surface area (Å²) in [6.45, 7) is 1.85. The van der Waals surface area contributed by atoms with E-state index in [1.807, 2.05) is 6.92 Å². The van der Waals surface area contributed by atoms with Gasteiger partial charge < -0.3 is 15.9 Å². The summed E-state index contributed by atoms with van der Waals surface area (Å²) in [4.78, 5) is 0. The van der Waals surface area contributed by atoms with Crippen molar-refractivity contribution < 1.29 is 10.2 Å². The summed E-state index contributed by atoms with van der Waals surface area (Å²) in [5.74, 6) is 0.111. The number of aliphatic hydroxyl groups excluding tert-OH is 1. The zero-order valence-electron chi connectivity index (χ0n) is 8.35. The summed E-state index contributed by atoms with van der Waals surface area (Å²) in [5, 5.41) is 19.1. The highest BCUT2D eigenvalue weighted by atomic mass is 79.9. The van der Waals surface area contributed by atoms with Crippen LogP contribution in [0.15, 0.2) is 22.7 Å². The maximum atomic E-state index is 9.59. The number of halogens is 2. The third-order valence-corrected chi connectivity index (χ3v) is 2.68. The van der Waals surface area contributed by atoms with Gasteiger partial charge in [0.2, 0.25) is 0 Å². The normalized spacial score (nSPS) is 14.1. The van der Waals surface area contributed by atoms with Gasteiger partial charge in [-0.2, -0.15) is 0 Å². The smallest absolute Gasteiger partial charge is 0.121 e. The van der Waals surface area contributed by atoms with Crippen molar-refractivity contribution in [1.82, 2.24) is 0 Å². The summed E-state index contributed by atoms with van der Waals surface area (Å²) in [5.41, 5.74) is 6.35. The van der Waals surface area contributed by atoms with Crippen LogP contribution in [0.2, 0.25) is 0 Å². The average molecular weight is 297 g/mol. The summed E-state index contributed by atoms with van der Waals surface area (Å²) < 4.78 is 0.789. The lowest BCUT2D eigenvalue weighted by Gasteiger charge is -2.18. The molecule has 5 heteroatoms. The van der Waals surface area contributed by atoms with Crippen molar-refractivity contribution in [3.63, 3.8) is 0 Å². The van der Waals surface area contributed by atoms with E-state index in [0.717, 1.165) is 4.47 Å². The van der Waals surface area contributed by atoms with Crippen LogP contribution >= 0.6 is 28.3 Å². The number of hydrogen-bond acceptors (Lipinski definition) is 3. The molecule has 0 spiro atoms. The highest BCUT2D eigenvalue weighted by Gasteiger charge is 2.17. The monoisotopic (exact) mass is 295 g/mol. The molecule has 0 unspecified atom stereocenters. The lowest BCUT2D eigenvalue weighted by Crippen LogP contribution is -2.25. The minimum absolute atomic E-state index is 0. The van der Waals surface area contributed by atoms with Gasteiger partial charge in [-0.25, -0.2) is 0 Å². The van der Waals surface area contributed by atoms with E-state index >= 15 is 0 Å². The molecule has 0 heterocycles. The Bertz CT molecular complexity index is 322. The molecule has 0 aromatic heterocycles. The molecule has 86 valence electrons. The number of phenols is 1. The fourth-order valence-corrected chi connectivity index (χ4v) is 1.61. The first kappa shape index (κ1) is 14.7. The second kappa shape index (κ2) is 6.33. The summed E-state index contributed by atoms with van der Waals surface area (Å²) >= 11 is 3.24. The quantitative estimate of drug-likeness (QED) is 0.802. The Morgan fingerprint density at radius 2 is 2.07 bits per heavy atom. The molecule has 0 fully saturated rings. The number of aromatic hydroxyl groups is 1. The van der Waals surface area contributed by atoms with E-state index in [1.54, 1.807) is 18.2 Å². The van der Waals surface area contributed by atoms with Crippen LogP contribution in [0.4, 0.5) is 0 Å². The third-order valence-electron chi connectivity index (χ3n) is 2.18. The molecule has 4 N–H and O–H groups in total. The van der Waals surface area contributed by atoms with E-state index in [0.29, 0.717) is 12.0 Å². The number of rotatable bonds is 3. The molecule has 0 saturated carbocycles. The maximum absolute atomic E-state index is 9.59. The number of nitrogens with two attached hydrogens (primary N) is 1. The Balaban J connectivity index is 0.00000196. The third kappa shape index (κ3) is 3.65. The summed E-state index contributed by atoms with van der Waals surface area (Å²) in [7, 11) is 0. The highest BCUT2D eigenvalue weighted by Crippen LogP contribution is 2.28. The Morgan fingerprint density at radius 3 is 2.53 bits per heavy atom. The van der Waals surface area contributed by atoms with Crippen LogP contribution in [0.25, 0.3) is 0 Å². The molecule has 0 saturated heterocycles. The van der Waals surface area contributed by atoms with E-state index < -0.39 is 12.1 Å². The largest absolute Gasteiger partial charge is 0.508 e. The van der Waals surface area contributed by atoms with E-state index in [-0.39, 0.29) is 18.2 Å². The minimum atomic E-state index is -0.623. The second-order valence-corrected chi connectivity index (χ2v) is 4.12. The van der Waals surface area contributed by atoms with Crippen LogP contribution in [0.3, 0.4) is 0 Å². The fourth-order valence-electron chi connectivity index (χ4n) is 1.26. The van der Waals surface area contributed by atoms with E-state index in [1.165, 1.54) is 0 Å². The molecule has 0 aliphatic heterocycles. The molecule has 0 amide bonds. The van der Waals surface area contributed by atoms with Gasteiger partial charge in [-0.3, -0.25) is 0 Å². The van der Waals surface area contributed by atoms with Crippen LogP contribution in [-0.4, -0.2) is 16.3 Å². The van der Waals surface area contributed by atoms with Crippen molar-refractivity contribution in [2.24, 2.45) is 5.73 Å². The van der Waals surface area contributed by atoms with Crippen molar-refractivity contribution >= 4 is 28.3 Å². The first-order valence-corrected chi connectivity index (χ1v) is 5.27. The Hall–Kier alpha value is -0.290. The van der Waals surface area contributed by atoms with Crippen molar-refractivity contribution in [3.05, 3.63) is 28.2 Å². The standard InChI is InChI=1S/C10H14BrNO2.ClH/c1-2-8(13)10(12)7-4-3-6(11)5-9(7)14;/h3-5,8,10,13-14H,2,12H2,1H3;1H/t8-,10+;/m0./s1. The van der Waals surface area contributed by atoms with Gasteiger partial charge in [0, 0.05) is 10.0 Å².